The maximum absolute atomic E-state index is 11.9. The van der Waals surface area contributed by atoms with E-state index in [4.69, 9.17) is 5.11 Å². The summed E-state index contributed by atoms with van der Waals surface area (Å²) in [6.07, 6.45) is 3.46. The molecule has 0 aromatic rings. The second-order valence-corrected chi connectivity index (χ2v) is 7.46. The molecular weight excluding hydrogens is 260 g/mol. The van der Waals surface area contributed by atoms with E-state index in [-0.39, 0.29) is 17.8 Å². The maximum Gasteiger partial charge on any atom is 0.279 e. The number of hydrogen-bond acceptors (Lipinski definition) is 4. The predicted molar refractivity (Wildman–Crippen MR) is 71.3 cm³/mol. The molecular formula is C10H22N2O3S2. The first-order valence-electron chi connectivity index (χ1n) is 5.88. The normalized spacial score (nSPS) is 21.6. The maximum atomic E-state index is 11.9. The zero-order valence-electron chi connectivity index (χ0n) is 10.4. The quantitative estimate of drug-likeness (QED) is 0.734. The molecule has 1 rings (SSSR count). The highest BCUT2D eigenvalue weighted by Crippen LogP contribution is 2.18. The van der Waals surface area contributed by atoms with Gasteiger partial charge in [-0.3, -0.25) is 0 Å². The van der Waals surface area contributed by atoms with Crippen molar-refractivity contribution in [3.63, 3.8) is 0 Å². The molecule has 0 aliphatic carbocycles. The van der Waals surface area contributed by atoms with E-state index in [0.29, 0.717) is 19.6 Å². The largest absolute Gasteiger partial charge is 0.396 e. The van der Waals surface area contributed by atoms with E-state index in [1.165, 1.54) is 4.31 Å². The summed E-state index contributed by atoms with van der Waals surface area (Å²) >= 11 is 1.64. The summed E-state index contributed by atoms with van der Waals surface area (Å²) < 4.78 is 28.0. The molecule has 0 saturated carbocycles. The van der Waals surface area contributed by atoms with Crippen LogP contribution in [0.4, 0.5) is 0 Å². The minimum absolute atomic E-state index is 0.158. The minimum atomic E-state index is -3.33. The molecule has 2 N–H and O–H groups in total. The van der Waals surface area contributed by atoms with Crippen LogP contribution in [-0.4, -0.2) is 55.6 Å². The van der Waals surface area contributed by atoms with Crippen LogP contribution in [0.25, 0.3) is 0 Å². The third kappa shape index (κ3) is 4.75. The fraction of sp³-hybridized carbons (Fsp3) is 1.00. The van der Waals surface area contributed by atoms with Gasteiger partial charge in [0.25, 0.3) is 10.2 Å². The van der Waals surface area contributed by atoms with Gasteiger partial charge in [0.05, 0.1) is 0 Å². The first-order valence-corrected chi connectivity index (χ1v) is 8.60. The Labute approximate surface area is 108 Å². The molecule has 0 amide bonds. The van der Waals surface area contributed by atoms with E-state index in [0.717, 1.165) is 12.8 Å². The molecule has 1 saturated heterocycles. The summed E-state index contributed by atoms with van der Waals surface area (Å²) in [6.45, 7) is 3.63. The van der Waals surface area contributed by atoms with E-state index in [2.05, 4.69) is 4.72 Å². The molecule has 102 valence electrons. The van der Waals surface area contributed by atoms with Crippen LogP contribution in [-0.2, 0) is 10.2 Å². The molecule has 0 aromatic carbocycles. The molecule has 1 fully saturated rings. The van der Waals surface area contributed by atoms with Crippen molar-refractivity contribution in [2.45, 2.75) is 25.0 Å². The van der Waals surface area contributed by atoms with Crippen LogP contribution in [0.2, 0.25) is 0 Å². The number of piperidine rings is 1. The lowest BCUT2D eigenvalue weighted by Gasteiger charge is -2.30. The standard InChI is InChI=1S/C10H22N2O3S2/c1-9(16-2)7-11-17(14,15)12-5-3-10(8-13)4-6-12/h9-11,13H,3-8H2,1-2H3. The van der Waals surface area contributed by atoms with Gasteiger partial charge in [0.2, 0.25) is 0 Å². The monoisotopic (exact) mass is 282 g/mol. The third-order valence-electron chi connectivity index (χ3n) is 3.13. The van der Waals surface area contributed by atoms with Gasteiger partial charge in [-0.05, 0) is 25.0 Å². The fourth-order valence-corrected chi connectivity index (χ4v) is 3.42. The average Bonchev–Trinajstić information content (AvgIpc) is 2.36. The Kier molecular flexibility index (Phi) is 6.22. The summed E-state index contributed by atoms with van der Waals surface area (Å²) in [5.74, 6) is 0.256. The number of nitrogens with one attached hydrogen (secondary N) is 1. The van der Waals surface area contributed by atoms with Gasteiger partial charge in [-0.1, -0.05) is 6.92 Å². The van der Waals surface area contributed by atoms with Gasteiger partial charge in [0.1, 0.15) is 0 Å². The van der Waals surface area contributed by atoms with Gasteiger partial charge >= 0.3 is 0 Å². The predicted octanol–water partition coefficient (Wildman–Crippen LogP) is 0.277. The van der Waals surface area contributed by atoms with Crippen LogP contribution < -0.4 is 4.72 Å². The van der Waals surface area contributed by atoms with Gasteiger partial charge in [-0.25, -0.2) is 4.72 Å². The van der Waals surface area contributed by atoms with Crippen LogP contribution in [0.5, 0.6) is 0 Å². The summed E-state index contributed by atoms with van der Waals surface area (Å²) in [4.78, 5) is 0. The van der Waals surface area contributed by atoms with Crippen LogP contribution in [0.1, 0.15) is 19.8 Å². The number of hydrogen-bond donors (Lipinski definition) is 2. The molecule has 17 heavy (non-hydrogen) atoms. The molecule has 1 unspecified atom stereocenters. The summed E-state index contributed by atoms with van der Waals surface area (Å²) in [5, 5.41) is 9.28. The number of thioether (sulfide) groups is 1. The van der Waals surface area contributed by atoms with E-state index in [1.54, 1.807) is 11.8 Å². The van der Waals surface area contributed by atoms with E-state index in [1.807, 2.05) is 13.2 Å². The topological polar surface area (TPSA) is 69.6 Å². The lowest BCUT2D eigenvalue weighted by Crippen LogP contribution is -2.46. The number of nitrogens with zero attached hydrogens (tertiary/aromatic N) is 1. The zero-order valence-corrected chi connectivity index (χ0v) is 12.1. The first kappa shape index (κ1) is 15.2. The van der Waals surface area contributed by atoms with Crippen molar-refractivity contribution >= 4 is 22.0 Å². The number of aliphatic hydroxyl groups is 1. The highest BCUT2D eigenvalue weighted by molar-refractivity contribution is 7.99. The molecule has 1 heterocycles. The van der Waals surface area contributed by atoms with Crippen molar-refractivity contribution in [3.05, 3.63) is 0 Å². The van der Waals surface area contributed by atoms with Gasteiger partial charge in [-0.15, -0.1) is 0 Å². The van der Waals surface area contributed by atoms with Crippen molar-refractivity contribution in [3.8, 4) is 0 Å². The number of rotatable bonds is 6. The Hall–Kier alpha value is 0.180. The van der Waals surface area contributed by atoms with Crippen molar-refractivity contribution in [2.24, 2.45) is 5.92 Å². The van der Waals surface area contributed by atoms with Gasteiger partial charge in [0, 0.05) is 31.5 Å². The highest BCUT2D eigenvalue weighted by Gasteiger charge is 2.27. The Bertz CT molecular complexity index is 314. The molecule has 0 aromatic heterocycles. The van der Waals surface area contributed by atoms with Crippen molar-refractivity contribution < 1.29 is 13.5 Å². The highest BCUT2D eigenvalue weighted by atomic mass is 32.2. The molecule has 1 aliphatic heterocycles. The molecule has 0 radical (unpaired) electrons. The summed E-state index contributed by atoms with van der Waals surface area (Å²) in [6, 6.07) is 0. The second kappa shape index (κ2) is 6.94. The van der Waals surface area contributed by atoms with Crippen LogP contribution >= 0.6 is 11.8 Å². The van der Waals surface area contributed by atoms with Crippen molar-refractivity contribution in [1.29, 1.82) is 0 Å². The fourth-order valence-electron chi connectivity index (χ4n) is 1.73. The first-order chi connectivity index (χ1) is 7.99. The molecule has 0 bridgehead atoms. The van der Waals surface area contributed by atoms with Crippen LogP contribution in [0.3, 0.4) is 0 Å². The lowest BCUT2D eigenvalue weighted by molar-refractivity contribution is 0.169. The molecule has 5 nitrogen and oxygen atoms in total. The Morgan fingerprint density at radius 3 is 2.53 bits per heavy atom. The van der Waals surface area contributed by atoms with Gasteiger partial charge in [0.15, 0.2) is 0 Å². The smallest absolute Gasteiger partial charge is 0.279 e. The minimum Gasteiger partial charge on any atom is -0.396 e. The Morgan fingerprint density at radius 2 is 2.06 bits per heavy atom. The van der Waals surface area contributed by atoms with Crippen molar-refractivity contribution in [2.75, 3.05) is 32.5 Å². The van der Waals surface area contributed by atoms with Crippen LogP contribution in [0.15, 0.2) is 0 Å². The van der Waals surface area contributed by atoms with Gasteiger partial charge < -0.3 is 5.11 Å². The Balaban J connectivity index is 2.43. The van der Waals surface area contributed by atoms with Crippen LogP contribution in [0, 0.1) is 5.92 Å². The number of aliphatic hydroxyl groups excluding tert-OH is 1. The average molecular weight is 282 g/mol. The SMILES string of the molecule is CSC(C)CNS(=O)(=O)N1CCC(CO)CC1. The van der Waals surface area contributed by atoms with Gasteiger partial charge in [-0.2, -0.15) is 24.5 Å². The molecule has 7 heteroatoms. The Morgan fingerprint density at radius 1 is 1.47 bits per heavy atom. The zero-order chi connectivity index (χ0) is 12.9. The molecule has 1 atom stereocenters. The van der Waals surface area contributed by atoms with E-state index < -0.39 is 10.2 Å². The summed E-state index contributed by atoms with van der Waals surface area (Å²) in [5.41, 5.74) is 0. The third-order valence-corrected chi connectivity index (χ3v) is 5.68. The van der Waals surface area contributed by atoms with Crippen molar-refractivity contribution in [1.82, 2.24) is 9.03 Å². The molecule has 1 aliphatic rings. The van der Waals surface area contributed by atoms with E-state index >= 15 is 0 Å². The second-order valence-electron chi connectivity index (χ2n) is 4.42. The molecule has 0 spiro atoms. The lowest BCUT2D eigenvalue weighted by atomic mass is 10.00. The summed E-state index contributed by atoms with van der Waals surface area (Å²) in [7, 11) is -3.33. The van der Waals surface area contributed by atoms with E-state index in [9.17, 15) is 8.42 Å².